The molecule has 2 aromatic rings. The van der Waals surface area contributed by atoms with E-state index in [1.54, 1.807) is 24.3 Å². The number of aldehydes is 1. The SMILES string of the molecule is O=CC1CC(c2ccccc2F)Oc2ccc(O)cc21. The summed E-state index contributed by atoms with van der Waals surface area (Å²) in [4.78, 5) is 11.3. The normalized spacial score (nSPS) is 20.9. The number of phenols is 1. The number of carbonyl (C=O) groups is 1. The number of fused-ring (bicyclic) bond motifs is 1. The van der Waals surface area contributed by atoms with E-state index in [1.165, 1.54) is 18.2 Å². The van der Waals surface area contributed by atoms with E-state index in [9.17, 15) is 14.3 Å². The van der Waals surface area contributed by atoms with E-state index < -0.39 is 12.0 Å². The lowest BCUT2D eigenvalue weighted by molar-refractivity contribution is -0.110. The number of carbonyl (C=O) groups excluding carboxylic acids is 1. The van der Waals surface area contributed by atoms with Crippen LogP contribution in [0.4, 0.5) is 4.39 Å². The minimum absolute atomic E-state index is 0.0866. The van der Waals surface area contributed by atoms with Gasteiger partial charge in [0.05, 0.1) is 0 Å². The largest absolute Gasteiger partial charge is 0.508 e. The van der Waals surface area contributed by atoms with Crippen molar-refractivity contribution >= 4 is 6.29 Å². The smallest absolute Gasteiger partial charge is 0.130 e. The molecule has 0 saturated carbocycles. The zero-order valence-corrected chi connectivity index (χ0v) is 10.6. The fraction of sp³-hybridized carbons (Fsp3) is 0.188. The first-order valence-corrected chi connectivity index (χ1v) is 6.38. The van der Waals surface area contributed by atoms with Crippen LogP contribution in [0.25, 0.3) is 0 Å². The summed E-state index contributed by atoms with van der Waals surface area (Å²) in [5, 5.41) is 9.50. The van der Waals surface area contributed by atoms with Crippen LogP contribution < -0.4 is 4.74 Å². The highest BCUT2D eigenvalue weighted by Crippen LogP contribution is 2.42. The van der Waals surface area contributed by atoms with Gasteiger partial charge in [-0.25, -0.2) is 4.39 Å². The zero-order valence-electron chi connectivity index (χ0n) is 10.6. The van der Waals surface area contributed by atoms with Crippen molar-refractivity contribution in [3.8, 4) is 11.5 Å². The summed E-state index contributed by atoms with van der Waals surface area (Å²) in [5.41, 5.74) is 1.09. The second-order valence-corrected chi connectivity index (χ2v) is 4.83. The van der Waals surface area contributed by atoms with E-state index in [-0.39, 0.29) is 11.6 Å². The fourth-order valence-corrected chi connectivity index (χ4v) is 2.55. The molecule has 3 rings (SSSR count). The number of ether oxygens (including phenoxy) is 1. The Labute approximate surface area is 115 Å². The Morgan fingerprint density at radius 1 is 1.20 bits per heavy atom. The second-order valence-electron chi connectivity index (χ2n) is 4.83. The quantitative estimate of drug-likeness (QED) is 0.853. The van der Waals surface area contributed by atoms with Crippen LogP contribution in [0.15, 0.2) is 42.5 Å². The van der Waals surface area contributed by atoms with Crippen LogP contribution >= 0.6 is 0 Å². The molecular weight excluding hydrogens is 259 g/mol. The summed E-state index contributed by atoms with van der Waals surface area (Å²) in [7, 11) is 0. The first-order valence-electron chi connectivity index (χ1n) is 6.38. The summed E-state index contributed by atoms with van der Waals surface area (Å²) in [5.74, 6) is -0.150. The van der Waals surface area contributed by atoms with Gasteiger partial charge in [-0.2, -0.15) is 0 Å². The molecule has 20 heavy (non-hydrogen) atoms. The molecule has 4 heteroatoms. The average molecular weight is 272 g/mol. The highest BCUT2D eigenvalue weighted by Gasteiger charge is 2.30. The molecular formula is C16H13FO3. The Morgan fingerprint density at radius 3 is 2.75 bits per heavy atom. The second kappa shape index (κ2) is 4.96. The minimum Gasteiger partial charge on any atom is -0.508 e. The topological polar surface area (TPSA) is 46.5 Å². The molecule has 1 heterocycles. The Bertz CT molecular complexity index is 654. The molecule has 0 radical (unpaired) electrons. The maximum absolute atomic E-state index is 13.8. The molecule has 1 N–H and O–H groups in total. The van der Waals surface area contributed by atoms with Crippen LogP contribution in [0, 0.1) is 5.82 Å². The van der Waals surface area contributed by atoms with Crippen molar-refractivity contribution in [3.05, 3.63) is 59.4 Å². The molecule has 3 nitrogen and oxygen atoms in total. The third kappa shape index (κ3) is 2.13. The van der Waals surface area contributed by atoms with Crippen molar-refractivity contribution in [2.45, 2.75) is 18.4 Å². The van der Waals surface area contributed by atoms with Gasteiger partial charge in [0.15, 0.2) is 0 Å². The first kappa shape index (κ1) is 12.7. The van der Waals surface area contributed by atoms with Crippen LogP contribution in [0.5, 0.6) is 11.5 Å². The third-order valence-electron chi connectivity index (χ3n) is 3.55. The van der Waals surface area contributed by atoms with E-state index in [0.29, 0.717) is 23.3 Å². The molecule has 0 spiro atoms. The minimum atomic E-state index is -0.497. The maximum atomic E-state index is 13.8. The Kier molecular flexibility index (Phi) is 3.14. The molecule has 0 aromatic heterocycles. The lowest BCUT2D eigenvalue weighted by Crippen LogP contribution is -2.20. The van der Waals surface area contributed by atoms with Crippen molar-refractivity contribution < 1.29 is 19.0 Å². The molecule has 0 aliphatic carbocycles. The molecule has 102 valence electrons. The van der Waals surface area contributed by atoms with Crippen molar-refractivity contribution in [2.75, 3.05) is 0 Å². The van der Waals surface area contributed by atoms with Crippen LogP contribution in [0.3, 0.4) is 0 Å². The third-order valence-corrected chi connectivity index (χ3v) is 3.55. The first-order chi connectivity index (χ1) is 9.69. The van der Waals surface area contributed by atoms with Gasteiger partial charge in [0.25, 0.3) is 0 Å². The van der Waals surface area contributed by atoms with Gasteiger partial charge < -0.3 is 14.6 Å². The van der Waals surface area contributed by atoms with Gasteiger partial charge in [0.2, 0.25) is 0 Å². The number of phenolic OH excluding ortho intramolecular Hbond substituents is 1. The number of hydrogen-bond donors (Lipinski definition) is 1. The highest BCUT2D eigenvalue weighted by atomic mass is 19.1. The summed E-state index contributed by atoms with van der Waals surface area (Å²) in [6.45, 7) is 0. The van der Waals surface area contributed by atoms with Crippen molar-refractivity contribution in [3.63, 3.8) is 0 Å². The van der Waals surface area contributed by atoms with Gasteiger partial charge in [-0.1, -0.05) is 18.2 Å². The summed E-state index contributed by atoms with van der Waals surface area (Å²) < 4.78 is 19.6. The standard InChI is InChI=1S/C16H13FO3/c17-14-4-2-1-3-12(14)16-7-10(9-18)13-8-11(19)5-6-15(13)20-16/h1-6,8-10,16,19H,7H2. The molecule has 0 saturated heterocycles. The van der Waals surface area contributed by atoms with E-state index in [0.717, 1.165) is 6.29 Å². The van der Waals surface area contributed by atoms with Gasteiger partial charge in [-0.05, 0) is 24.3 Å². The molecule has 2 atom stereocenters. The van der Waals surface area contributed by atoms with E-state index in [4.69, 9.17) is 4.74 Å². The maximum Gasteiger partial charge on any atom is 0.130 e. The van der Waals surface area contributed by atoms with E-state index in [1.807, 2.05) is 0 Å². The zero-order chi connectivity index (χ0) is 14.1. The van der Waals surface area contributed by atoms with Gasteiger partial charge in [-0.15, -0.1) is 0 Å². The van der Waals surface area contributed by atoms with E-state index >= 15 is 0 Å². The molecule has 1 aliphatic rings. The van der Waals surface area contributed by atoms with E-state index in [2.05, 4.69) is 0 Å². The summed E-state index contributed by atoms with van der Waals surface area (Å²) in [6.07, 6.45) is 0.679. The summed E-state index contributed by atoms with van der Waals surface area (Å²) >= 11 is 0. The van der Waals surface area contributed by atoms with Gasteiger partial charge >= 0.3 is 0 Å². The lowest BCUT2D eigenvalue weighted by atomic mass is 9.88. The van der Waals surface area contributed by atoms with Gasteiger partial charge in [0, 0.05) is 23.5 Å². The summed E-state index contributed by atoms with van der Waals surface area (Å²) in [6, 6.07) is 11.0. The predicted octanol–water partition coefficient (Wildman–Crippen LogP) is 3.34. The van der Waals surface area contributed by atoms with Crippen molar-refractivity contribution in [2.24, 2.45) is 0 Å². The fourth-order valence-electron chi connectivity index (χ4n) is 2.55. The van der Waals surface area contributed by atoms with Gasteiger partial charge in [-0.3, -0.25) is 0 Å². The number of benzene rings is 2. The van der Waals surface area contributed by atoms with Crippen molar-refractivity contribution in [1.82, 2.24) is 0 Å². The number of hydrogen-bond acceptors (Lipinski definition) is 3. The van der Waals surface area contributed by atoms with Crippen LogP contribution in [-0.2, 0) is 4.79 Å². The van der Waals surface area contributed by atoms with Crippen LogP contribution in [0.1, 0.15) is 29.6 Å². The number of rotatable bonds is 2. The van der Waals surface area contributed by atoms with Crippen LogP contribution in [-0.4, -0.2) is 11.4 Å². The Balaban J connectivity index is 2.01. The van der Waals surface area contributed by atoms with Crippen LogP contribution in [0.2, 0.25) is 0 Å². The lowest BCUT2D eigenvalue weighted by Gasteiger charge is -2.30. The number of halogens is 1. The molecule has 0 fully saturated rings. The highest BCUT2D eigenvalue weighted by molar-refractivity contribution is 5.66. The molecule has 0 bridgehead atoms. The van der Waals surface area contributed by atoms with Gasteiger partial charge in [0.1, 0.15) is 29.7 Å². The Hall–Kier alpha value is -2.36. The molecule has 2 unspecified atom stereocenters. The molecule has 0 amide bonds. The van der Waals surface area contributed by atoms with Crippen molar-refractivity contribution in [1.29, 1.82) is 0 Å². The average Bonchev–Trinajstić information content (AvgIpc) is 2.46. The predicted molar refractivity (Wildman–Crippen MR) is 71.3 cm³/mol. The molecule has 2 aromatic carbocycles. The molecule has 1 aliphatic heterocycles. The number of aromatic hydroxyl groups is 1. The Morgan fingerprint density at radius 2 is 2.00 bits per heavy atom. The monoisotopic (exact) mass is 272 g/mol.